The Kier molecular flexibility index (Phi) is 6.41. The summed E-state index contributed by atoms with van der Waals surface area (Å²) in [6.45, 7) is 0.307. The number of aromatic nitrogens is 3. The summed E-state index contributed by atoms with van der Waals surface area (Å²) in [7, 11) is 0. The largest absolute Gasteiger partial charge is 0.390 e. The number of aromatic amines is 1. The molecule has 1 fully saturated rings. The second kappa shape index (κ2) is 9.79. The third-order valence-corrected chi connectivity index (χ3v) is 6.46. The number of hydrogen-bond acceptors (Lipinski definition) is 6. The Morgan fingerprint density at radius 1 is 0.943 bits per heavy atom. The van der Waals surface area contributed by atoms with E-state index in [0.29, 0.717) is 6.54 Å². The lowest BCUT2D eigenvalue weighted by Gasteiger charge is -2.38. The topological polar surface area (TPSA) is 109 Å². The zero-order valence-electron chi connectivity index (χ0n) is 19.0. The quantitative estimate of drug-likeness (QED) is 0.382. The van der Waals surface area contributed by atoms with Crippen LogP contribution in [0.4, 0.5) is 0 Å². The molecule has 3 heterocycles. The lowest BCUT2D eigenvalue weighted by atomic mass is 9.77. The number of nitrogens with zero attached hydrogens (tertiary/aromatic N) is 2. The molecule has 8 nitrogen and oxygen atoms in total. The lowest BCUT2D eigenvalue weighted by molar-refractivity contribution is -0.0212. The van der Waals surface area contributed by atoms with Gasteiger partial charge in [-0.1, -0.05) is 60.7 Å². The van der Waals surface area contributed by atoms with Crippen molar-refractivity contribution in [2.45, 2.75) is 30.4 Å². The summed E-state index contributed by atoms with van der Waals surface area (Å²) >= 11 is 0. The highest BCUT2D eigenvalue weighted by molar-refractivity contribution is 5.49. The van der Waals surface area contributed by atoms with Crippen molar-refractivity contribution in [3.05, 3.63) is 135 Å². The van der Waals surface area contributed by atoms with Gasteiger partial charge in [-0.15, -0.1) is 0 Å². The van der Waals surface area contributed by atoms with Crippen LogP contribution in [0.3, 0.4) is 0 Å². The van der Waals surface area contributed by atoms with Crippen molar-refractivity contribution < 1.29 is 9.84 Å². The summed E-state index contributed by atoms with van der Waals surface area (Å²) in [6, 6.07) is 25.4. The van der Waals surface area contributed by atoms with Crippen molar-refractivity contribution in [1.82, 2.24) is 19.9 Å². The SMILES string of the molecule is O=c1ccn([C@@H]2CC(O)[C@H](CNC(c3ccccc3)(c3ccccc3)c3ccncc3)O2)c(=O)[nH]1. The van der Waals surface area contributed by atoms with Gasteiger partial charge < -0.3 is 9.84 Å². The fraction of sp³-hybridized carbons (Fsp3) is 0.222. The summed E-state index contributed by atoms with van der Waals surface area (Å²) in [5.74, 6) is 0. The van der Waals surface area contributed by atoms with Gasteiger partial charge in [-0.25, -0.2) is 4.79 Å². The normalized spacial score (nSPS) is 20.1. The van der Waals surface area contributed by atoms with Gasteiger partial charge in [-0.05, 0) is 28.8 Å². The van der Waals surface area contributed by atoms with E-state index < -0.39 is 35.2 Å². The zero-order chi connectivity index (χ0) is 24.3. The first kappa shape index (κ1) is 22.9. The van der Waals surface area contributed by atoms with Crippen molar-refractivity contribution in [2.75, 3.05) is 6.54 Å². The Labute approximate surface area is 201 Å². The van der Waals surface area contributed by atoms with Gasteiger partial charge in [-0.2, -0.15) is 0 Å². The Morgan fingerprint density at radius 2 is 1.54 bits per heavy atom. The highest BCUT2D eigenvalue weighted by Crippen LogP contribution is 2.37. The fourth-order valence-electron chi connectivity index (χ4n) is 4.76. The third kappa shape index (κ3) is 4.46. The highest BCUT2D eigenvalue weighted by Gasteiger charge is 2.40. The molecular formula is C27H26N4O4. The summed E-state index contributed by atoms with van der Waals surface area (Å²) in [5.41, 5.74) is 1.27. The minimum absolute atomic E-state index is 0.233. The average molecular weight is 471 g/mol. The molecule has 1 aliphatic heterocycles. The van der Waals surface area contributed by atoms with Crippen molar-refractivity contribution in [2.24, 2.45) is 0 Å². The van der Waals surface area contributed by atoms with Crippen molar-refractivity contribution in [3.8, 4) is 0 Å². The molecular weight excluding hydrogens is 444 g/mol. The van der Waals surface area contributed by atoms with Gasteiger partial charge >= 0.3 is 5.69 Å². The van der Waals surface area contributed by atoms with Crippen LogP contribution < -0.4 is 16.6 Å². The van der Waals surface area contributed by atoms with Crippen LogP contribution in [0.5, 0.6) is 0 Å². The summed E-state index contributed by atoms with van der Waals surface area (Å²) in [6.07, 6.45) is 3.10. The number of hydrogen-bond donors (Lipinski definition) is 3. The van der Waals surface area contributed by atoms with Crippen LogP contribution in [0.1, 0.15) is 29.3 Å². The lowest BCUT2D eigenvalue weighted by Crippen LogP contribution is -2.49. The molecule has 3 N–H and O–H groups in total. The van der Waals surface area contributed by atoms with Crippen LogP contribution in [0, 0.1) is 0 Å². The van der Waals surface area contributed by atoms with Crippen LogP contribution in [-0.4, -0.2) is 38.4 Å². The summed E-state index contributed by atoms with van der Waals surface area (Å²) in [4.78, 5) is 30.1. The first-order chi connectivity index (χ1) is 17.1. The smallest absolute Gasteiger partial charge is 0.330 e. The van der Waals surface area contributed by atoms with Gasteiger partial charge in [-0.3, -0.25) is 24.6 Å². The molecule has 1 unspecified atom stereocenters. The second-order valence-corrected chi connectivity index (χ2v) is 8.55. The molecule has 1 saturated heterocycles. The predicted octanol–water partition coefficient (Wildman–Crippen LogP) is 2.16. The van der Waals surface area contributed by atoms with Gasteiger partial charge in [0.1, 0.15) is 6.23 Å². The number of pyridine rings is 1. The molecule has 35 heavy (non-hydrogen) atoms. The van der Waals surface area contributed by atoms with E-state index in [1.54, 1.807) is 12.4 Å². The Balaban J connectivity index is 1.50. The van der Waals surface area contributed by atoms with Crippen LogP contribution in [-0.2, 0) is 10.3 Å². The van der Waals surface area contributed by atoms with Gasteiger partial charge in [0, 0.05) is 37.6 Å². The van der Waals surface area contributed by atoms with Crippen molar-refractivity contribution in [3.63, 3.8) is 0 Å². The second-order valence-electron chi connectivity index (χ2n) is 8.55. The van der Waals surface area contributed by atoms with Gasteiger partial charge in [0.2, 0.25) is 0 Å². The van der Waals surface area contributed by atoms with E-state index in [0.717, 1.165) is 16.7 Å². The molecule has 0 amide bonds. The Morgan fingerprint density at radius 3 is 2.14 bits per heavy atom. The average Bonchev–Trinajstić information content (AvgIpc) is 3.26. The number of benzene rings is 2. The number of nitrogens with one attached hydrogen (secondary N) is 2. The van der Waals surface area contributed by atoms with E-state index >= 15 is 0 Å². The first-order valence-electron chi connectivity index (χ1n) is 11.5. The molecule has 5 rings (SSSR count). The van der Waals surface area contributed by atoms with E-state index in [2.05, 4.69) is 39.6 Å². The van der Waals surface area contributed by atoms with E-state index in [-0.39, 0.29) is 6.42 Å². The molecule has 0 aliphatic carbocycles. The van der Waals surface area contributed by atoms with Crippen LogP contribution in [0.15, 0.2) is 107 Å². The molecule has 4 aromatic rings. The molecule has 8 heteroatoms. The zero-order valence-corrected chi connectivity index (χ0v) is 19.0. The molecule has 178 valence electrons. The molecule has 2 aromatic heterocycles. The number of aliphatic hydroxyl groups excluding tert-OH is 1. The van der Waals surface area contributed by atoms with E-state index in [4.69, 9.17) is 4.74 Å². The fourth-order valence-corrected chi connectivity index (χ4v) is 4.76. The van der Waals surface area contributed by atoms with Crippen molar-refractivity contribution in [1.29, 1.82) is 0 Å². The first-order valence-corrected chi connectivity index (χ1v) is 11.5. The maximum absolute atomic E-state index is 12.2. The number of rotatable bonds is 7. The minimum Gasteiger partial charge on any atom is -0.390 e. The van der Waals surface area contributed by atoms with E-state index in [1.165, 1.54) is 16.8 Å². The van der Waals surface area contributed by atoms with Crippen LogP contribution >= 0.6 is 0 Å². The molecule has 0 radical (unpaired) electrons. The molecule has 0 bridgehead atoms. The summed E-state index contributed by atoms with van der Waals surface area (Å²) < 4.78 is 7.40. The number of H-pyrrole nitrogens is 1. The van der Waals surface area contributed by atoms with Gasteiger partial charge in [0.15, 0.2) is 0 Å². The molecule has 0 saturated carbocycles. The monoisotopic (exact) mass is 470 g/mol. The van der Waals surface area contributed by atoms with Crippen LogP contribution in [0.2, 0.25) is 0 Å². The Bertz CT molecular complexity index is 1280. The highest BCUT2D eigenvalue weighted by atomic mass is 16.5. The number of ether oxygens (including phenoxy) is 1. The molecule has 0 spiro atoms. The molecule has 3 atom stereocenters. The standard InChI is InChI=1S/C27H26N4O4/c32-22-17-25(31-16-13-24(33)30-26(31)34)35-23(22)18-29-27(19-7-3-1-4-8-19,20-9-5-2-6-10-20)21-11-14-28-15-12-21/h1-16,22-23,25,29,32H,17-18H2,(H,30,33,34)/t22?,23-,25-/m0/s1. The van der Waals surface area contributed by atoms with Gasteiger partial charge in [0.05, 0.1) is 17.7 Å². The van der Waals surface area contributed by atoms with E-state index in [1.807, 2.05) is 48.5 Å². The molecule has 1 aliphatic rings. The number of aliphatic hydroxyl groups is 1. The maximum atomic E-state index is 12.2. The van der Waals surface area contributed by atoms with Crippen molar-refractivity contribution >= 4 is 0 Å². The van der Waals surface area contributed by atoms with Crippen LogP contribution in [0.25, 0.3) is 0 Å². The minimum atomic E-state index is -0.798. The maximum Gasteiger partial charge on any atom is 0.330 e. The third-order valence-electron chi connectivity index (χ3n) is 6.46. The van der Waals surface area contributed by atoms with Gasteiger partial charge in [0.25, 0.3) is 5.56 Å². The molecule has 2 aromatic carbocycles. The van der Waals surface area contributed by atoms with E-state index in [9.17, 15) is 14.7 Å². The summed E-state index contributed by atoms with van der Waals surface area (Å²) in [5, 5.41) is 14.5. The Hall–Kier alpha value is -3.85. The predicted molar refractivity (Wildman–Crippen MR) is 131 cm³/mol.